The lowest BCUT2D eigenvalue weighted by atomic mass is 9.76. The summed E-state index contributed by atoms with van der Waals surface area (Å²) in [4.78, 5) is 27.3. The van der Waals surface area contributed by atoms with Crippen LogP contribution in [0.5, 0.6) is 0 Å². The van der Waals surface area contributed by atoms with Gasteiger partial charge >= 0.3 is 12.3 Å². The molecule has 2 aliphatic heterocycles. The molecular formula is C22H28F3NO3. The molecule has 1 aromatic carbocycles. The first kappa shape index (κ1) is 21.7. The van der Waals surface area contributed by atoms with Gasteiger partial charge in [-0.05, 0) is 64.5 Å². The van der Waals surface area contributed by atoms with Gasteiger partial charge in [-0.15, -0.1) is 0 Å². The Morgan fingerprint density at radius 2 is 1.66 bits per heavy atom. The van der Waals surface area contributed by atoms with Crippen LogP contribution in [0, 0.1) is 5.92 Å². The average Bonchev–Trinajstić information content (AvgIpc) is 2.58. The minimum atomic E-state index is -4.48. The molecule has 1 amide bonds. The van der Waals surface area contributed by atoms with Crippen molar-refractivity contribution in [1.29, 1.82) is 0 Å². The molecule has 2 bridgehead atoms. The molecule has 29 heavy (non-hydrogen) atoms. The van der Waals surface area contributed by atoms with Crippen molar-refractivity contribution in [3.63, 3.8) is 0 Å². The summed E-state index contributed by atoms with van der Waals surface area (Å²) in [5.41, 5.74) is -1.33. The van der Waals surface area contributed by atoms with Gasteiger partial charge in [0.05, 0.1) is 5.56 Å². The summed E-state index contributed by atoms with van der Waals surface area (Å²) in [6.07, 6.45) is -1.53. The predicted molar refractivity (Wildman–Crippen MR) is 102 cm³/mol. The third-order valence-corrected chi connectivity index (χ3v) is 5.72. The maximum Gasteiger partial charge on any atom is 0.416 e. The molecule has 2 unspecified atom stereocenters. The van der Waals surface area contributed by atoms with Crippen LogP contribution >= 0.6 is 0 Å². The molecule has 3 rings (SSSR count). The fourth-order valence-electron chi connectivity index (χ4n) is 4.54. The van der Waals surface area contributed by atoms with Crippen LogP contribution in [-0.2, 0) is 22.1 Å². The molecule has 0 aromatic heterocycles. The number of Topliss-reactive ketones (excluding diaryl/α,β-unsaturated/α-hetero) is 1. The van der Waals surface area contributed by atoms with Crippen molar-refractivity contribution in [2.24, 2.45) is 5.92 Å². The molecule has 2 fully saturated rings. The van der Waals surface area contributed by atoms with Gasteiger partial charge in [-0.1, -0.05) is 18.2 Å². The predicted octanol–water partition coefficient (Wildman–Crippen LogP) is 5.39. The van der Waals surface area contributed by atoms with E-state index in [1.54, 1.807) is 4.90 Å². The Hall–Kier alpha value is -2.05. The summed E-state index contributed by atoms with van der Waals surface area (Å²) in [6.45, 7) is 5.44. The van der Waals surface area contributed by atoms with Crippen molar-refractivity contribution in [2.45, 2.75) is 83.2 Å². The summed E-state index contributed by atoms with van der Waals surface area (Å²) in [5, 5.41) is 0. The van der Waals surface area contributed by atoms with Gasteiger partial charge in [0.25, 0.3) is 0 Å². The normalized spacial score (nSPS) is 24.9. The van der Waals surface area contributed by atoms with E-state index in [1.807, 2.05) is 20.8 Å². The van der Waals surface area contributed by atoms with E-state index < -0.39 is 17.3 Å². The third kappa shape index (κ3) is 5.11. The second kappa shape index (κ2) is 8.00. The Labute approximate surface area is 169 Å². The number of fused-ring (bicyclic) bond motifs is 2. The van der Waals surface area contributed by atoms with E-state index in [0.717, 1.165) is 25.3 Å². The SMILES string of the molecule is CC(C)(C)OC(=O)N1C2CCCC1CC(C(=O)Cc1ccccc1C(F)(F)F)C2. The van der Waals surface area contributed by atoms with Gasteiger partial charge in [0.1, 0.15) is 11.4 Å². The molecule has 7 heteroatoms. The molecule has 0 spiro atoms. The second-order valence-electron chi connectivity index (χ2n) is 9.09. The number of ether oxygens (including phenoxy) is 1. The first-order valence-corrected chi connectivity index (χ1v) is 10.1. The molecule has 2 heterocycles. The van der Waals surface area contributed by atoms with Crippen LogP contribution in [0.3, 0.4) is 0 Å². The summed E-state index contributed by atoms with van der Waals surface area (Å²) in [6, 6.07) is 5.06. The van der Waals surface area contributed by atoms with E-state index in [1.165, 1.54) is 18.2 Å². The number of halogens is 3. The van der Waals surface area contributed by atoms with Crippen LogP contribution < -0.4 is 0 Å². The van der Waals surface area contributed by atoms with Crippen LogP contribution in [-0.4, -0.2) is 34.5 Å². The van der Waals surface area contributed by atoms with Crippen molar-refractivity contribution < 1.29 is 27.5 Å². The van der Waals surface area contributed by atoms with Gasteiger partial charge in [0.2, 0.25) is 0 Å². The summed E-state index contributed by atoms with van der Waals surface area (Å²) < 4.78 is 45.2. The first-order valence-electron chi connectivity index (χ1n) is 10.1. The van der Waals surface area contributed by atoms with Gasteiger partial charge in [0.15, 0.2) is 0 Å². The molecule has 2 aliphatic rings. The first-order chi connectivity index (χ1) is 13.5. The highest BCUT2D eigenvalue weighted by Crippen LogP contribution is 2.39. The number of ketones is 1. The zero-order valence-corrected chi connectivity index (χ0v) is 17.1. The molecular weight excluding hydrogens is 383 g/mol. The monoisotopic (exact) mass is 411 g/mol. The Kier molecular flexibility index (Phi) is 5.97. The van der Waals surface area contributed by atoms with E-state index in [4.69, 9.17) is 4.74 Å². The van der Waals surface area contributed by atoms with Crippen molar-refractivity contribution in [3.05, 3.63) is 35.4 Å². The average molecular weight is 411 g/mol. The lowest BCUT2D eigenvalue weighted by Gasteiger charge is -2.48. The Morgan fingerprint density at radius 1 is 1.07 bits per heavy atom. The van der Waals surface area contributed by atoms with Crippen molar-refractivity contribution in [3.8, 4) is 0 Å². The van der Waals surface area contributed by atoms with Crippen molar-refractivity contribution in [1.82, 2.24) is 4.90 Å². The standard InChI is InChI=1S/C22H28F3NO3/c1-21(2,3)29-20(28)26-16-8-6-9-17(26)12-15(11-16)19(27)13-14-7-4-5-10-18(14)22(23,24)25/h4-5,7,10,15-17H,6,8-9,11-13H2,1-3H3. The highest BCUT2D eigenvalue weighted by molar-refractivity contribution is 5.84. The van der Waals surface area contributed by atoms with Gasteiger partial charge < -0.3 is 9.64 Å². The van der Waals surface area contributed by atoms with Crippen LogP contribution in [0.15, 0.2) is 24.3 Å². The van der Waals surface area contributed by atoms with Crippen LogP contribution in [0.25, 0.3) is 0 Å². The third-order valence-electron chi connectivity index (χ3n) is 5.72. The Bertz CT molecular complexity index is 755. The fraction of sp³-hybridized carbons (Fsp3) is 0.636. The lowest BCUT2D eigenvalue weighted by Crippen LogP contribution is -2.56. The minimum Gasteiger partial charge on any atom is -0.444 e. The summed E-state index contributed by atoms with van der Waals surface area (Å²) in [7, 11) is 0. The Balaban J connectivity index is 1.72. The molecule has 2 saturated heterocycles. The lowest BCUT2D eigenvalue weighted by molar-refractivity contribution is -0.138. The number of carbonyl (C=O) groups excluding carboxylic acids is 2. The van der Waals surface area contributed by atoms with Crippen LogP contribution in [0.4, 0.5) is 18.0 Å². The van der Waals surface area contributed by atoms with Gasteiger partial charge in [-0.3, -0.25) is 4.79 Å². The van der Waals surface area contributed by atoms with E-state index in [9.17, 15) is 22.8 Å². The van der Waals surface area contributed by atoms with Crippen LogP contribution in [0.1, 0.15) is 64.0 Å². The van der Waals surface area contributed by atoms with Crippen molar-refractivity contribution >= 4 is 11.9 Å². The fourth-order valence-corrected chi connectivity index (χ4v) is 4.54. The molecule has 0 N–H and O–H groups in total. The number of hydrogen-bond acceptors (Lipinski definition) is 3. The topological polar surface area (TPSA) is 46.6 Å². The summed E-state index contributed by atoms with van der Waals surface area (Å²) >= 11 is 0. The molecule has 160 valence electrons. The second-order valence-corrected chi connectivity index (χ2v) is 9.09. The smallest absolute Gasteiger partial charge is 0.416 e. The van der Waals surface area contributed by atoms with Gasteiger partial charge in [-0.25, -0.2) is 4.79 Å². The molecule has 4 nitrogen and oxygen atoms in total. The zero-order chi connectivity index (χ0) is 21.4. The number of rotatable bonds is 3. The van der Waals surface area contributed by atoms with E-state index in [2.05, 4.69) is 0 Å². The maximum atomic E-state index is 13.2. The molecule has 1 aromatic rings. The number of amides is 1. The van der Waals surface area contributed by atoms with Crippen molar-refractivity contribution in [2.75, 3.05) is 0 Å². The number of hydrogen-bond donors (Lipinski definition) is 0. The van der Waals surface area contributed by atoms with Gasteiger partial charge in [-0.2, -0.15) is 13.2 Å². The number of carbonyl (C=O) groups is 2. The number of piperidine rings is 2. The highest BCUT2D eigenvalue weighted by atomic mass is 19.4. The molecule has 0 aliphatic carbocycles. The molecule has 0 radical (unpaired) electrons. The molecule has 2 atom stereocenters. The summed E-state index contributed by atoms with van der Waals surface area (Å²) in [5.74, 6) is -0.507. The quantitative estimate of drug-likeness (QED) is 0.670. The van der Waals surface area contributed by atoms with E-state index in [0.29, 0.717) is 12.8 Å². The van der Waals surface area contributed by atoms with E-state index in [-0.39, 0.29) is 41.9 Å². The van der Waals surface area contributed by atoms with E-state index >= 15 is 0 Å². The van der Waals surface area contributed by atoms with Crippen LogP contribution in [0.2, 0.25) is 0 Å². The van der Waals surface area contributed by atoms with Gasteiger partial charge in [0, 0.05) is 24.4 Å². The largest absolute Gasteiger partial charge is 0.444 e. The number of benzene rings is 1. The molecule has 0 saturated carbocycles. The minimum absolute atomic E-state index is 0.0183. The Morgan fingerprint density at radius 3 is 2.21 bits per heavy atom. The number of nitrogens with zero attached hydrogens (tertiary/aromatic N) is 1. The number of alkyl halides is 3. The zero-order valence-electron chi connectivity index (χ0n) is 17.1. The highest BCUT2D eigenvalue weighted by Gasteiger charge is 2.44. The maximum absolute atomic E-state index is 13.2.